The van der Waals surface area contributed by atoms with Crippen molar-refractivity contribution in [1.29, 1.82) is 0 Å². The van der Waals surface area contributed by atoms with Gasteiger partial charge in [-0.25, -0.2) is 0 Å². The molecule has 1 fully saturated rings. The van der Waals surface area contributed by atoms with Crippen molar-refractivity contribution in [2.75, 3.05) is 13.1 Å². The van der Waals surface area contributed by atoms with Crippen LogP contribution in [0.15, 0.2) is 12.3 Å². The molecule has 0 amide bonds. The summed E-state index contributed by atoms with van der Waals surface area (Å²) in [4.78, 5) is 12.5. The highest BCUT2D eigenvalue weighted by Gasteiger charge is 2.39. The fourth-order valence-corrected chi connectivity index (χ4v) is 2.97. The van der Waals surface area contributed by atoms with Gasteiger partial charge in [0.2, 0.25) is 0 Å². The lowest BCUT2D eigenvalue weighted by Crippen LogP contribution is -2.33. The molecular formula is C14H23N3O. The van der Waals surface area contributed by atoms with Crippen molar-refractivity contribution in [1.82, 2.24) is 15.1 Å². The standard InChI is InChI=1S/C14H23N3O/c1-3-7-14(8-10-15-11-14)13(18)5-4-12-6-9-16-17(12)2/h6,9,15H,3-5,7-8,10-11H2,1-2H3. The van der Waals surface area contributed by atoms with E-state index in [1.54, 1.807) is 6.20 Å². The van der Waals surface area contributed by atoms with Gasteiger partial charge in [0.05, 0.1) is 0 Å². The molecule has 1 saturated heterocycles. The summed E-state index contributed by atoms with van der Waals surface area (Å²) in [5, 5.41) is 7.48. The zero-order chi connectivity index (χ0) is 13.0. The van der Waals surface area contributed by atoms with Crippen LogP contribution in [0.25, 0.3) is 0 Å². The van der Waals surface area contributed by atoms with Crippen molar-refractivity contribution >= 4 is 5.78 Å². The highest BCUT2D eigenvalue weighted by Crippen LogP contribution is 2.33. The van der Waals surface area contributed by atoms with E-state index in [2.05, 4.69) is 17.3 Å². The Morgan fingerprint density at radius 3 is 3.00 bits per heavy atom. The monoisotopic (exact) mass is 249 g/mol. The number of nitrogens with one attached hydrogen (secondary N) is 1. The first kappa shape index (κ1) is 13.3. The van der Waals surface area contributed by atoms with Crippen LogP contribution >= 0.6 is 0 Å². The molecule has 1 aliphatic heterocycles. The van der Waals surface area contributed by atoms with Gasteiger partial charge >= 0.3 is 0 Å². The molecular weight excluding hydrogens is 226 g/mol. The van der Waals surface area contributed by atoms with Gasteiger partial charge in [0.1, 0.15) is 5.78 Å². The average Bonchev–Trinajstić information content (AvgIpc) is 2.97. The van der Waals surface area contributed by atoms with Crippen LogP contribution in [0.3, 0.4) is 0 Å². The molecule has 4 nitrogen and oxygen atoms in total. The third-order valence-corrected chi connectivity index (χ3v) is 4.09. The predicted octanol–water partition coefficient (Wildman–Crippen LogP) is 1.70. The second-order valence-corrected chi connectivity index (χ2v) is 5.33. The number of ketones is 1. The lowest BCUT2D eigenvalue weighted by Gasteiger charge is -2.26. The molecule has 2 rings (SSSR count). The molecule has 4 heteroatoms. The average molecular weight is 249 g/mol. The van der Waals surface area contributed by atoms with Gasteiger partial charge in [-0.15, -0.1) is 0 Å². The second kappa shape index (κ2) is 5.65. The molecule has 1 aliphatic rings. The molecule has 1 aromatic heterocycles. The molecule has 100 valence electrons. The van der Waals surface area contributed by atoms with Crippen molar-refractivity contribution in [3.05, 3.63) is 18.0 Å². The van der Waals surface area contributed by atoms with Crippen LogP contribution in [0.5, 0.6) is 0 Å². The normalized spacial score (nSPS) is 23.4. The summed E-state index contributed by atoms with van der Waals surface area (Å²) < 4.78 is 1.85. The van der Waals surface area contributed by atoms with E-state index in [1.165, 1.54) is 0 Å². The summed E-state index contributed by atoms with van der Waals surface area (Å²) in [7, 11) is 1.93. The summed E-state index contributed by atoms with van der Waals surface area (Å²) in [6.07, 6.45) is 6.34. The van der Waals surface area contributed by atoms with Gasteiger partial charge in [-0.05, 0) is 31.9 Å². The Kier molecular flexibility index (Phi) is 4.17. The Morgan fingerprint density at radius 1 is 1.61 bits per heavy atom. The number of carbonyl (C=O) groups excluding carboxylic acids is 1. The number of aryl methyl sites for hydroxylation is 2. The largest absolute Gasteiger partial charge is 0.316 e. The van der Waals surface area contributed by atoms with Gasteiger partial charge < -0.3 is 5.32 Å². The summed E-state index contributed by atoms with van der Waals surface area (Å²) in [5.41, 5.74) is 1.05. The molecule has 0 saturated carbocycles. The second-order valence-electron chi connectivity index (χ2n) is 5.33. The summed E-state index contributed by atoms with van der Waals surface area (Å²) in [6.45, 7) is 4.01. The minimum atomic E-state index is -0.0899. The molecule has 0 spiro atoms. The molecule has 2 heterocycles. The first-order chi connectivity index (χ1) is 8.68. The molecule has 0 radical (unpaired) electrons. The first-order valence-corrected chi connectivity index (χ1v) is 6.89. The van der Waals surface area contributed by atoms with E-state index in [4.69, 9.17) is 0 Å². The summed E-state index contributed by atoms with van der Waals surface area (Å²) >= 11 is 0. The first-order valence-electron chi connectivity index (χ1n) is 6.89. The van der Waals surface area contributed by atoms with Crippen molar-refractivity contribution in [2.45, 2.75) is 39.0 Å². The van der Waals surface area contributed by atoms with Crippen molar-refractivity contribution in [3.8, 4) is 0 Å². The van der Waals surface area contributed by atoms with Gasteiger partial charge in [-0.1, -0.05) is 13.3 Å². The minimum Gasteiger partial charge on any atom is -0.316 e. The zero-order valence-corrected chi connectivity index (χ0v) is 11.4. The lowest BCUT2D eigenvalue weighted by atomic mass is 9.77. The lowest BCUT2D eigenvalue weighted by molar-refractivity contribution is -0.128. The molecule has 1 aromatic rings. The number of aromatic nitrogens is 2. The van der Waals surface area contributed by atoms with Crippen LogP contribution in [0.1, 0.15) is 38.3 Å². The third kappa shape index (κ3) is 2.64. The number of nitrogens with zero attached hydrogens (tertiary/aromatic N) is 2. The van der Waals surface area contributed by atoms with Crippen LogP contribution < -0.4 is 5.32 Å². The van der Waals surface area contributed by atoms with E-state index in [1.807, 2.05) is 17.8 Å². The Labute approximate surface area is 109 Å². The molecule has 0 aliphatic carbocycles. The number of rotatable bonds is 6. The third-order valence-electron chi connectivity index (χ3n) is 4.09. The molecule has 1 N–H and O–H groups in total. The summed E-state index contributed by atoms with van der Waals surface area (Å²) in [6, 6.07) is 1.99. The Morgan fingerprint density at radius 2 is 2.44 bits per heavy atom. The topological polar surface area (TPSA) is 46.9 Å². The molecule has 1 unspecified atom stereocenters. The number of hydrogen-bond acceptors (Lipinski definition) is 3. The van der Waals surface area contributed by atoms with Gasteiger partial charge in [-0.2, -0.15) is 5.10 Å². The maximum Gasteiger partial charge on any atom is 0.140 e. The predicted molar refractivity (Wildman–Crippen MR) is 71.4 cm³/mol. The quantitative estimate of drug-likeness (QED) is 0.834. The van der Waals surface area contributed by atoms with Gasteiger partial charge in [-0.3, -0.25) is 9.48 Å². The molecule has 0 aromatic carbocycles. The van der Waals surface area contributed by atoms with Crippen molar-refractivity contribution in [2.24, 2.45) is 12.5 Å². The highest BCUT2D eigenvalue weighted by atomic mass is 16.1. The SMILES string of the molecule is CCCC1(C(=O)CCc2ccnn2C)CCNC1. The summed E-state index contributed by atoms with van der Waals surface area (Å²) in [5.74, 6) is 0.426. The smallest absolute Gasteiger partial charge is 0.140 e. The minimum absolute atomic E-state index is 0.0899. The zero-order valence-electron chi connectivity index (χ0n) is 11.4. The highest BCUT2D eigenvalue weighted by molar-refractivity contribution is 5.85. The van der Waals surface area contributed by atoms with E-state index in [0.29, 0.717) is 12.2 Å². The van der Waals surface area contributed by atoms with Crippen LogP contribution in [0, 0.1) is 5.41 Å². The molecule has 0 bridgehead atoms. The van der Waals surface area contributed by atoms with E-state index >= 15 is 0 Å². The Hall–Kier alpha value is -1.16. The van der Waals surface area contributed by atoms with Gasteiger partial charge in [0, 0.05) is 37.3 Å². The molecule has 18 heavy (non-hydrogen) atoms. The van der Waals surface area contributed by atoms with Crippen LogP contribution in [0.4, 0.5) is 0 Å². The van der Waals surface area contributed by atoms with Crippen LogP contribution in [0.2, 0.25) is 0 Å². The Bertz CT molecular complexity index is 405. The molecule has 1 atom stereocenters. The number of carbonyl (C=O) groups is 1. The van der Waals surface area contributed by atoms with Crippen LogP contribution in [-0.2, 0) is 18.3 Å². The van der Waals surface area contributed by atoms with E-state index in [0.717, 1.165) is 44.5 Å². The van der Waals surface area contributed by atoms with Crippen LogP contribution in [-0.4, -0.2) is 28.7 Å². The van der Waals surface area contributed by atoms with Gasteiger partial charge in [0.25, 0.3) is 0 Å². The van der Waals surface area contributed by atoms with Gasteiger partial charge in [0.15, 0.2) is 0 Å². The Balaban J connectivity index is 1.96. The number of hydrogen-bond donors (Lipinski definition) is 1. The number of Topliss-reactive ketones (excluding diaryl/α,β-unsaturated/α-hetero) is 1. The van der Waals surface area contributed by atoms with E-state index in [9.17, 15) is 4.79 Å². The fourth-order valence-electron chi connectivity index (χ4n) is 2.97. The van der Waals surface area contributed by atoms with E-state index in [-0.39, 0.29) is 5.41 Å². The maximum atomic E-state index is 12.5. The van der Waals surface area contributed by atoms with Crippen molar-refractivity contribution in [3.63, 3.8) is 0 Å². The van der Waals surface area contributed by atoms with Crippen molar-refractivity contribution < 1.29 is 4.79 Å². The fraction of sp³-hybridized carbons (Fsp3) is 0.714. The van der Waals surface area contributed by atoms with E-state index < -0.39 is 0 Å². The maximum absolute atomic E-state index is 12.5.